The Labute approximate surface area is 397 Å². The molecule has 0 saturated heterocycles. The number of aliphatic hydroxyl groups excluding tert-OH is 2. The van der Waals surface area contributed by atoms with Gasteiger partial charge in [0.15, 0.2) is 0 Å². The quantitative estimate of drug-likeness (QED) is 0.0329. The second-order valence-corrected chi connectivity index (χ2v) is 16.5. The van der Waals surface area contributed by atoms with Crippen molar-refractivity contribution in [3.8, 4) is 0 Å². The van der Waals surface area contributed by atoms with Gasteiger partial charge in [-0.2, -0.15) is 0 Å². The summed E-state index contributed by atoms with van der Waals surface area (Å²) in [6.07, 6.45) is -1.30. The molecule has 69 heavy (non-hydrogen) atoms. The molecule has 27 heteroatoms. The number of nitrogens with one attached hydrogen (secondary N) is 9. The van der Waals surface area contributed by atoms with Crippen LogP contribution in [0.1, 0.15) is 65.9 Å². The molecule has 1 aromatic carbocycles. The highest BCUT2D eigenvalue weighted by atomic mass is 16.3. The van der Waals surface area contributed by atoms with Crippen LogP contribution < -0.4 is 70.8 Å². The lowest BCUT2D eigenvalue weighted by molar-refractivity contribution is -0.136. The Morgan fingerprint density at radius 3 is 1.48 bits per heavy atom. The summed E-state index contributed by atoms with van der Waals surface area (Å²) in [7, 11) is 0. The molecule has 0 saturated carbocycles. The number of amides is 12. The van der Waals surface area contributed by atoms with Crippen molar-refractivity contribution in [1.29, 1.82) is 0 Å². The van der Waals surface area contributed by atoms with E-state index in [0.717, 1.165) is 0 Å². The Bertz CT molecular complexity index is 1990. The lowest BCUT2D eigenvalue weighted by atomic mass is 9.96. The maximum absolute atomic E-state index is 13.6. The molecule has 27 nitrogen and oxygen atoms in total. The van der Waals surface area contributed by atoms with E-state index in [9.17, 15) is 67.7 Å². The van der Waals surface area contributed by atoms with Gasteiger partial charge in [-0.05, 0) is 30.7 Å². The number of carbonyl (C=O) groups excluding carboxylic acids is 12. The first-order chi connectivity index (χ1) is 32.3. The van der Waals surface area contributed by atoms with Crippen LogP contribution in [-0.4, -0.2) is 156 Å². The number of rotatable bonds is 31. The normalized spacial score (nSPS) is 14.8. The molecule has 0 unspecified atom stereocenters. The lowest BCUT2D eigenvalue weighted by Crippen LogP contribution is -2.60. The van der Waals surface area contributed by atoms with E-state index in [2.05, 4.69) is 47.9 Å². The van der Waals surface area contributed by atoms with Gasteiger partial charge in [0.1, 0.15) is 48.3 Å². The molecule has 0 bridgehead atoms. The zero-order chi connectivity index (χ0) is 52.5. The van der Waals surface area contributed by atoms with Crippen molar-refractivity contribution in [2.75, 3.05) is 26.3 Å². The molecule has 0 aliphatic carbocycles. The molecule has 9 atom stereocenters. The molecule has 0 radical (unpaired) electrons. The van der Waals surface area contributed by atoms with E-state index in [1.807, 2.05) is 0 Å². The topological polar surface area (TPSA) is 458 Å². The summed E-state index contributed by atoms with van der Waals surface area (Å²) in [4.78, 5) is 153. The van der Waals surface area contributed by atoms with Crippen LogP contribution in [0.4, 0.5) is 0 Å². The third kappa shape index (κ3) is 22.4. The summed E-state index contributed by atoms with van der Waals surface area (Å²) in [5, 5.41) is 39.6. The predicted molar refractivity (Wildman–Crippen MR) is 243 cm³/mol. The first-order valence-corrected chi connectivity index (χ1v) is 21.9. The molecule has 1 rings (SSSR count). The molecule has 0 spiro atoms. The summed E-state index contributed by atoms with van der Waals surface area (Å²) in [5.74, 6) is -12.1. The molecule has 0 aliphatic rings. The van der Waals surface area contributed by atoms with Gasteiger partial charge in [0.25, 0.3) is 0 Å². The standard InChI is InChI=1S/C42H67N13O14/c1-6-21(4)34(42(69)54-25(12-20(2)3)38(65)48-17-33(61)50-29(19-57)35(46)62)55-36(63)22(5)49-32(60)16-47-39(66)26(13-23-10-8-7-9-11-23)52-41(68)28(15-31(45)59)53-40(67)27(14-30(44)58)51-37(64)24(43)18-56/h7-11,20-22,24-29,34,56-57H,6,12-19,43H2,1-5H3,(H2,44,58)(H2,45,59)(H2,46,62)(H,47,66)(H,48,65)(H,49,60)(H,50,61)(H,51,64)(H,52,68)(H,53,67)(H,54,69)(H,55,63)/t21-,22-,24-,25-,26-,27-,28-,29-,34-/m0/s1. The second-order valence-electron chi connectivity index (χ2n) is 16.5. The fourth-order valence-corrected chi connectivity index (χ4v) is 6.12. The predicted octanol–water partition coefficient (Wildman–Crippen LogP) is -7.48. The minimum absolute atomic E-state index is 0.113. The molecule has 0 heterocycles. The van der Waals surface area contributed by atoms with Crippen LogP contribution in [0.2, 0.25) is 0 Å². The Balaban J connectivity index is 3.14. The van der Waals surface area contributed by atoms with Gasteiger partial charge < -0.3 is 81.0 Å². The maximum atomic E-state index is 13.6. The van der Waals surface area contributed by atoms with E-state index in [-0.39, 0.29) is 18.8 Å². The highest BCUT2D eigenvalue weighted by molar-refractivity contribution is 5.99. The van der Waals surface area contributed by atoms with Gasteiger partial charge in [-0.25, -0.2) is 0 Å². The van der Waals surface area contributed by atoms with Crippen molar-refractivity contribution < 1.29 is 67.7 Å². The van der Waals surface area contributed by atoms with Crippen LogP contribution >= 0.6 is 0 Å². The van der Waals surface area contributed by atoms with Gasteiger partial charge in [-0.3, -0.25) is 57.5 Å². The first kappa shape index (κ1) is 59.8. The molecule has 19 N–H and O–H groups in total. The summed E-state index contributed by atoms with van der Waals surface area (Å²) in [6.45, 7) is 5.30. The van der Waals surface area contributed by atoms with E-state index >= 15 is 0 Å². The average molecular weight is 978 g/mol. The monoisotopic (exact) mass is 977 g/mol. The number of nitrogens with two attached hydrogens (primary N) is 4. The van der Waals surface area contributed by atoms with E-state index in [1.54, 1.807) is 58.0 Å². The molecule has 0 fully saturated rings. The SMILES string of the molecule is CC[C@H](C)[C@H](NC(=O)[C@H](C)NC(=O)CNC(=O)[C@H](Cc1ccccc1)NC(=O)[C@H](CC(N)=O)NC(=O)[C@H](CC(N)=O)NC(=O)[C@@H](N)CO)C(=O)N[C@@H](CC(C)C)C(=O)NCC(=O)N[C@@H](CO)C(N)=O. The Morgan fingerprint density at radius 1 is 0.536 bits per heavy atom. The zero-order valence-corrected chi connectivity index (χ0v) is 39.1. The fraction of sp³-hybridized carbons (Fsp3) is 0.571. The van der Waals surface area contributed by atoms with Gasteiger partial charge in [0, 0.05) is 6.42 Å². The number of carbonyl (C=O) groups is 12. The second kappa shape index (κ2) is 30.2. The summed E-state index contributed by atoms with van der Waals surface area (Å²) < 4.78 is 0. The molecule has 0 aromatic heterocycles. The number of hydrogen-bond acceptors (Lipinski definition) is 15. The van der Waals surface area contributed by atoms with E-state index < -0.39 is 164 Å². The largest absolute Gasteiger partial charge is 0.394 e. The third-order valence-corrected chi connectivity index (χ3v) is 10.1. The number of primary amides is 3. The van der Waals surface area contributed by atoms with E-state index in [0.29, 0.717) is 12.0 Å². The van der Waals surface area contributed by atoms with Gasteiger partial charge in [0.05, 0.1) is 39.1 Å². The molecule has 12 amide bonds. The Kier molecular flexibility index (Phi) is 26.1. The Hall–Kier alpha value is -7.26. The van der Waals surface area contributed by atoms with Gasteiger partial charge in [0.2, 0.25) is 70.9 Å². The first-order valence-electron chi connectivity index (χ1n) is 21.9. The van der Waals surface area contributed by atoms with Crippen LogP contribution in [0.5, 0.6) is 0 Å². The summed E-state index contributed by atoms with van der Waals surface area (Å²) in [5.41, 5.74) is 21.7. The van der Waals surface area contributed by atoms with Crippen LogP contribution in [0.3, 0.4) is 0 Å². The average Bonchev–Trinajstić information content (AvgIpc) is 3.28. The molecular weight excluding hydrogens is 911 g/mol. The van der Waals surface area contributed by atoms with Crippen molar-refractivity contribution in [2.24, 2.45) is 34.8 Å². The molecule has 384 valence electrons. The van der Waals surface area contributed by atoms with E-state index in [1.165, 1.54) is 6.92 Å². The molecule has 1 aromatic rings. The zero-order valence-electron chi connectivity index (χ0n) is 39.1. The van der Waals surface area contributed by atoms with Crippen molar-refractivity contribution >= 4 is 70.9 Å². The molecular formula is C42H67N13O14. The Morgan fingerprint density at radius 2 is 1.01 bits per heavy atom. The van der Waals surface area contributed by atoms with Crippen LogP contribution in [0, 0.1) is 11.8 Å². The highest BCUT2D eigenvalue weighted by Crippen LogP contribution is 2.12. The summed E-state index contributed by atoms with van der Waals surface area (Å²) in [6, 6.07) is -3.35. The smallest absolute Gasteiger partial charge is 0.243 e. The lowest BCUT2D eigenvalue weighted by Gasteiger charge is -2.28. The van der Waals surface area contributed by atoms with Crippen LogP contribution in [-0.2, 0) is 64.0 Å². The molecule has 0 aliphatic heterocycles. The van der Waals surface area contributed by atoms with Gasteiger partial charge in [-0.1, -0.05) is 64.4 Å². The number of aliphatic hydroxyl groups is 2. The minimum atomic E-state index is -1.78. The van der Waals surface area contributed by atoms with Crippen molar-refractivity contribution in [3.05, 3.63) is 35.9 Å². The fourth-order valence-electron chi connectivity index (χ4n) is 6.12. The van der Waals surface area contributed by atoms with Crippen LogP contribution in [0.15, 0.2) is 30.3 Å². The van der Waals surface area contributed by atoms with Gasteiger partial charge >= 0.3 is 0 Å². The number of hydrogen-bond donors (Lipinski definition) is 15. The van der Waals surface area contributed by atoms with Gasteiger partial charge in [-0.15, -0.1) is 0 Å². The minimum Gasteiger partial charge on any atom is -0.394 e. The maximum Gasteiger partial charge on any atom is 0.243 e. The third-order valence-electron chi connectivity index (χ3n) is 10.1. The van der Waals surface area contributed by atoms with Crippen molar-refractivity contribution in [2.45, 2.75) is 115 Å². The van der Waals surface area contributed by atoms with Crippen molar-refractivity contribution in [1.82, 2.24) is 47.9 Å². The highest BCUT2D eigenvalue weighted by Gasteiger charge is 2.34. The summed E-state index contributed by atoms with van der Waals surface area (Å²) >= 11 is 0. The number of benzene rings is 1. The van der Waals surface area contributed by atoms with E-state index in [4.69, 9.17) is 22.9 Å². The van der Waals surface area contributed by atoms with Crippen molar-refractivity contribution in [3.63, 3.8) is 0 Å². The van der Waals surface area contributed by atoms with Crippen LogP contribution in [0.25, 0.3) is 0 Å².